The van der Waals surface area contributed by atoms with Gasteiger partial charge in [-0.3, -0.25) is 9.58 Å². The van der Waals surface area contributed by atoms with Crippen LogP contribution in [0.2, 0.25) is 5.02 Å². The van der Waals surface area contributed by atoms with Gasteiger partial charge in [-0.05, 0) is 47.9 Å². The molecule has 0 unspecified atom stereocenters. The zero-order chi connectivity index (χ0) is 21.6. The van der Waals surface area contributed by atoms with E-state index in [1.807, 2.05) is 60.3 Å². The molecule has 1 saturated heterocycles. The highest BCUT2D eigenvalue weighted by Gasteiger charge is 2.11. The average molecular weight is 440 g/mol. The minimum Gasteiger partial charge on any atom is -0.379 e. The Labute approximate surface area is 187 Å². The number of nitrogens with zero attached hydrogens (tertiary/aromatic N) is 3. The Morgan fingerprint density at radius 2 is 1.90 bits per heavy atom. The van der Waals surface area contributed by atoms with Crippen LogP contribution in [0.15, 0.2) is 54.9 Å². The molecule has 0 aliphatic carbocycles. The van der Waals surface area contributed by atoms with Crippen molar-refractivity contribution in [1.29, 1.82) is 0 Å². The normalized spacial score (nSPS) is 14.4. The zero-order valence-electron chi connectivity index (χ0n) is 17.5. The number of anilines is 2. The van der Waals surface area contributed by atoms with E-state index in [1.54, 1.807) is 6.20 Å². The molecule has 0 saturated carbocycles. The number of hydrogen-bond donors (Lipinski definition) is 2. The van der Waals surface area contributed by atoms with Crippen LogP contribution in [-0.2, 0) is 11.3 Å². The summed E-state index contributed by atoms with van der Waals surface area (Å²) < 4.78 is 7.21. The first-order valence-electron chi connectivity index (χ1n) is 10.3. The van der Waals surface area contributed by atoms with Gasteiger partial charge < -0.3 is 15.4 Å². The molecule has 1 aliphatic heterocycles. The highest BCUT2D eigenvalue weighted by molar-refractivity contribution is 6.30. The van der Waals surface area contributed by atoms with Crippen LogP contribution in [-0.4, -0.2) is 53.6 Å². The number of carbonyl (C=O) groups excluding carboxylic acids is 1. The molecule has 7 nitrogen and oxygen atoms in total. The molecule has 2 heterocycles. The summed E-state index contributed by atoms with van der Waals surface area (Å²) >= 11 is 6.09. The van der Waals surface area contributed by atoms with E-state index in [0.717, 1.165) is 61.8 Å². The molecule has 1 aliphatic rings. The molecule has 2 amide bonds. The lowest BCUT2D eigenvalue weighted by Crippen LogP contribution is -2.38. The van der Waals surface area contributed by atoms with Crippen LogP contribution in [0.4, 0.5) is 16.2 Å². The summed E-state index contributed by atoms with van der Waals surface area (Å²) in [6.07, 6.45) is 3.50. The zero-order valence-corrected chi connectivity index (χ0v) is 18.2. The minimum atomic E-state index is -0.300. The van der Waals surface area contributed by atoms with E-state index in [4.69, 9.17) is 16.3 Å². The van der Waals surface area contributed by atoms with Crippen molar-refractivity contribution in [2.45, 2.75) is 13.5 Å². The Hall–Kier alpha value is -2.87. The highest BCUT2D eigenvalue weighted by atomic mass is 35.5. The summed E-state index contributed by atoms with van der Waals surface area (Å²) in [4.78, 5) is 14.8. The molecule has 1 fully saturated rings. The van der Waals surface area contributed by atoms with E-state index in [9.17, 15) is 4.79 Å². The molecule has 0 radical (unpaired) electrons. The highest BCUT2D eigenvalue weighted by Crippen LogP contribution is 2.26. The van der Waals surface area contributed by atoms with Crippen LogP contribution in [0.1, 0.15) is 5.56 Å². The van der Waals surface area contributed by atoms with Crippen molar-refractivity contribution in [3.05, 3.63) is 65.4 Å². The quantitative estimate of drug-likeness (QED) is 0.593. The van der Waals surface area contributed by atoms with Gasteiger partial charge in [-0.1, -0.05) is 29.8 Å². The van der Waals surface area contributed by atoms with Gasteiger partial charge in [0.25, 0.3) is 0 Å². The summed E-state index contributed by atoms with van der Waals surface area (Å²) in [6.45, 7) is 7.11. The number of hydrogen-bond acceptors (Lipinski definition) is 4. The molecule has 2 aromatic carbocycles. The van der Waals surface area contributed by atoms with Gasteiger partial charge in [-0.15, -0.1) is 0 Å². The largest absolute Gasteiger partial charge is 0.379 e. The van der Waals surface area contributed by atoms with Crippen LogP contribution in [0.25, 0.3) is 11.1 Å². The number of amides is 2. The third-order valence-corrected chi connectivity index (χ3v) is 5.51. The number of rotatable bonds is 6. The fourth-order valence-electron chi connectivity index (χ4n) is 3.56. The molecule has 1 aromatic heterocycles. The minimum absolute atomic E-state index is 0.300. The first kappa shape index (κ1) is 21.4. The van der Waals surface area contributed by atoms with Crippen molar-refractivity contribution in [1.82, 2.24) is 14.7 Å². The first-order valence-corrected chi connectivity index (χ1v) is 10.7. The Morgan fingerprint density at radius 1 is 1.10 bits per heavy atom. The lowest BCUT2D eigenvalue weighted by atomic mass is 10.0. The van der Waals surface area contributed by atoms with Gasteiger partial charge in [0, 0.05) is 36.5 Å². The summed E-state index contributed by atoms with van der Waals surface area (Å²) in [5.74, 6) is 0. The Balaban J connectivity index is 1.32. The van der Waals surface area contributed by atoms with E-state index < -0.39 is 0 Å². The number of morpholine rings is 1. The number of halogens is 1. The smallest absolute Gasteiger partial charge is 0.323 e. The third-order valence-electron chi connectivity index (χ3n) is 5.27. The van der Waals surface area contributed by atoms with Crippen LogP contribution < -0.4 is 10.6 Å². The van der Waals surface area contributed by atoms with E-state index in [1.165, 1.54) is 0 Å². The van der Waals surface area contributed by atoms with Crippen molar-refractivity contribution in [3.63, 3.8) is 0 Å². The lowest BCUT2D eigenvalue weighted by Gasteiger charge is -2.26. The van der Waals surface area contributed by atoms with Gasteiger partial charge in [-0.2, -0.15) is 5.10 Å². The van der Waals surface area contributed by atoms with E-state index >= 15 is 0 Å². The molecule has 162 valence electrons. The second-order valence-electron chi connectivity index (χ2n) is 7.57. The number of nitrogens with one attached hydrogen (secondary N) is 2. The number of urea groups is 1. The van der Waals surface area contributed by atoms with Crippen LogP contribution >= 0.6 is 11.6 Å². The molecular formula is C23H26ClN5O2. The van der Waals surface area contributed by atoms with E-state index in [2.05, 4.69) is 20.6 Å². The van der Waals surface area contributed by atoms with Gasteiger partial charge in [0.15, 0.2) is 0 Å². The molecule has 0 atom stereocenters. The maximum absolute atomic E-state index is 12.4. The maximum Gasteiger partial charge on any atom is 0.323 e. The Morgan fingerprint density at radius 3 is 2.68 bits per heavy atom. The summed E-state index contributed by atoms with van der Waals surface area (Å²) in [5, 5.41) is 10.8. The molecule has 4 rings (SSSR count). The summed E-state index contributed by atoms with van der Waals surface area (Å²) in [7, 11) is 0. The van der Waals surface area contributed by atoms with Crippen molar-refractivity contribution in [2.24, 2.45) is 0 Å². The average Bonchev–Trinajstić information content (AvgIpc) is 3.21. The standard InChI is InChI=1S/C23H26ClN5O2/c1-17-13-19(18-3-2-4-20(24)14-18)5-6-22(17)27-23(30)26-21-15-25-29(16-21)8-7-28-9-11-31-12-10-28/h2-6,13-16H,7-12H2,1H3,(H2,26,27,30). The van der Waals surface area contributed by atoms with Gasteiger partial charge >= 0.3 is 6.03 Å². The monoisotopic (exact) mass is 439 g/mol. The molecule has 31 heavy (non-hydrogen) atoms. The predicted octanol–water partition coefficient (Wildman–Crippen LogP) is 4.49. The number of benzene rings is 2. The van der Waals surface area contributed by atoms with Gasteiger partial charge in [0.1, 0.15) is 0 Å². The van der Waals surface area contributed by atoms with Crippen LogP contribution in [0.5, 0.6) is 0 Å². The predicted molar refractivity (Wildman–Crippen MR) is 124 cm³/mol. The SMILES string of the molecule is Cc1cc(-c2cccc(Cl)c2)ccc1NC(=O)Nc1cnn(CCN2CCOCC2)c1. The summed E-state index contributed by atoms with van der Waals surface area (Å²) in [5.41, 5.74) is 4.47. The number of carbonyl (C=O) groups is 1. The number of aryl methyl sites for hydroxylation is 1. The van der Waals surface area contributed by atoms with Crippen molar-refractivity contribution >= 4 is 29.0 Å². The molecule has 3 aromatic rings. The Kier molecular flexibility index (Phi) is 6.86. The number of ether oxygens (including phenoxy) is 1. The topological polar surface area (TPSA) is 71.4 Å². The van der Waals surface area contributed by atoms with E-state index in [0.29, 0.717) is 10.7 Å². The molecule has 0 spiro atoms. The van der Waals surface area contributed by atoms with Gasteiger partial charge in [0.2, 0.25) is 0 Å². The van der Waals surface area contributed by atoms with Gasteiger partial charge in [-0.25, -0.2) is 4.79 Å². The Bertz CT molecular complexity index is 1050. The van der Waals surface area contributed by atoms with Crippen molar-refractivity contribution in [3.8, 4) is 11.1 Å². The van der Waals surface area contributed by atoms with Gasteiger partial charge in [0.05, 0.1) is 31.6 Å². The first-order chi connectivity index (χ1) is 15.1. The fourth-order valence-corrected chi connectivity index (χ4v) is 3.75. The second kappa shape index (κ2) is 9.96. The van der Waals surface area contributed by atoms with E-state index in [-0.39, 0.29) is 6.03 Å². The molecular weight excluding hydrogens is 414 g/mol. The molecule has 0 bridgehead atoms. The van der Waals surface area contributed by atoms with Crippen molar-refractivity contribution in [2.75, 3.05) is 43.5 Å². The lowest BCUT2D eigenvalue weighted by molar-refractivity contribution is 0.0360. The summed E-state index contributed by atoms with van der Waals surface area (Å²) in [6, 6.07) is 13.3. The van der Waals surface area contributed by atoms with Crippen LogP contribution in [0, 0.1) is 6.92 Å². The second-order valence-corrected chi connectivity index (χ2v) is 8.00. The maximum atomic E-state index is 12.4. The fraction of sp³-hybridized carbons (Fsp3) is 0.304. The molecule has 2 N–H and O–H groups in total. The third kappa shape index (κ3) is 5.85. The number of aromatic nitrogens is 2. The molecule has 8 heteroatoms. The van der Waals surface area contributed by atoms with Crippen LogP contribution in [0.3, 0.4) is 0 Å². The van der Waals surface area contributed by atoms with Crippen molar-refractivity contribution < 1.29 is 9.53 Å².